The zero-order chi connectivity index (χ0) is 11.1. The summed E-state index contributed by atoms with van der Waals surface area (Å²) in [7, 11) is 1.67. The molecule has 0 heterocycles. The highest BCUT2D eigenvalue weighted by Gasteiger charge is 2.03. The average Bonchev–Trinajstić information content (AvgIpc) is 2.27. The number of methoxy groups -OCH3 is 1. The van der Waals surface area contributed by atoms with Crippen LogP contribution in [0.1, 0.15) is 23.7 Å². The Morgan fingerprint density at radius 1 is 1.33 bits per heavy atom. The van der Waals surface area contributed by atoms with Crippen LogP contribution >= 0.6 is 0 Å². The number of aldehydes is 1. The third-order valence-corrected chi connectivity index (χ3v) is 2.08. The Balaban J connectivity index is 2.45. The number of hydrogen-bond donors (Lipinski definition) is 0. The smallest absolute Gasteiger partial charge is 0.150 e. The Bertz CT molecular complexity index is 292. The van der Waals surface area contributed by atoms with Crippen LogP contribution in [0.2, 0.25) is 0 Å². The van der Waals surface area contributed by atoms with E-state index in [1.165, 1.54) is 0 Å². The van der Waals surface area contributed by atoms with Gasteiger partial charge < -0.3 is 9.47 Å². The van der Waals surface area contributed by atoms with Crippen molar-refractivity contribution < 1.29 is 14.3 Å². The minimum absolute atomic E-state index is 0.118. The van der Waals surface area contributed by atoms with Gasteiger partial charge in [-0.3, -0.25) is 4.79 Å². The average molecular weight is 208 g/mol. The van der Waals surface area contributed by atoms with Gasteiger partial charge in [-0.2, -0.15) is 0 Å². The van der Waals surface area contributed by atoms with Gasteiger partial charge in [-0.25, -0.2) is 0 Å². The normalized spacial score (nSPS) is 12.1. The van der Waals surface area contributed by atoms with Crippen LogP contribution < -0.4 is 4.74 Å². The second kappa shape index (κ2) is 6.19. The quantitative estimate of drug-likeness (QED) is 0.673. The Labute approximate surface area is 90.0 Å². The van der Waals surface area contributed by atoms with E-state index in [9.17, 15) is 4.79 Å². The fourth-order valence-corrected chi connectivity index (χ4v) is 1.20. The van der Waals surface area contributed by atoms with Gasteiger partial charge in [-0.15, -0.1) is 0 Å². The zero-order valence-electron chi connectivity index (χ0n) is 9.10. The zero-order valence-corrected chi connectivity index (χ0v) is 9.10. The fourth-order valence-electron chi connectivity index (χ4n) is 1.20. The molecule has 3 nitrogen and oxygen atoms in total. The molecule has 15 heavy (non-hydrogen) atoms. The van der Waals surface area contributed by atoms with Gasteiger partial charge in [0.25, 0.3) is 0 Å². The summed E-state index contributed by atoms with van der Waals surface area (Å²) in [6, 6.07) is 7.08. The predicted molar refractivity (Wildman–Crippen MR) is 58.4 cm³/mol. The molecule has 0 aliphatic carbocycles. The molecular weight excluding hydrogens is 192 g/mol. The highest BCUT2D eigenvalue weighted by molar-refractivity contribution is 5.74. The van der Waals surface area contributed by atoms with Crippen molar-refractivity contribution in [3.63, 3.8) is 0 Å². The lowest BCUT2D eigenvalue weighted by atomic mass is 10.2. The highest BCUT2D eigenvalue weighted by Crippen LogP contribution is 2.14. The monoisotopic (exact) mass is 208 g/mol. The predicted octanol–water partition coefficient (Wildman–Crippen LogP) is 2.30. The maximum absolute atomic E-state index is 10.4. The van der Waals surface area contributed by atoms with Crippen LogP contribution in [0.15, 0.2) is 24.3 Å². The van der Waals surface area contributed by atoms with Crippen molar-refractivity contribution in [2.24, 2.45) is 0 Å². The summed E-state index contributed by atoms with van der Waals surface area (Å²) in [4.78, 5) is 10.4. The van der Waals surface area contributed by atoms with Crippen LogP contribution in [0.5, 0.6) is 5.75 Å². The Morgan fingerprint density at radius 3 is 2.53 bits per heavy atom. The third kappa shape index (κ3) is 4.13. The van der Waals surface area contributed by atoms with Gasteiger partial charge >= 0.3 is 0 Å². The van der Waals surface area contributed by atoms with Crippen LogP contribution in [-0.2, 0) is 4.74 Å². The van der Waals surface area contributed by atoms with Gasteiger partial charge in [-0.1, -0.05) is 0 Å². The molecule has 0 bridgehead atoms. The molecule has 0 amide bonds. The second-order valence-corrected chi connectivity index (χ2v) is 3.40. The highest BCUT2D eigenvalue weighted by atomic mass is 16.5. The van der Waals surface area contributed by atoms with E-state index >= 15 is 0 Å². The lowest BCUT2D eigenvalue weighted by Crippen LogP contribution is -2.14. The first-order valence-electron chi connectivity index (χ1n) is 4.97. The van der Waals surface area contributed by atoms with Crippen molar-refractivity contribution in [1.29, 1.82) is 0 Å². The summed E-state index contributed by atoms with van der Waals surface area (Å²) in [5.41, 5.74) is 0.659. The molecule has 0 radical (unpaired) electrons. The SMILES string of the molecule is COCCC(C)Oc1ccc(C=O)cc1. The van der Waals surface area contributed by atoms with Crippen LogP contribution in [0.4, 0.5) is 0 Å². The first kappa shape index (κ1) is 11.7. The summed E-state index contributed by atoms with van der Waals surface area (Å²) >= 11 is 0. The molecule has 3 heteroatoms. The van der Waals surface area contributed by atoms with Gasteiger partial charge in [0.05, 0.1) is 6.10 Å². The minimum atomic E-state index is 0.118. The van der Waals surface area contributed by atoms with Crippen molar-refractivity contribution in [2.75, 3.05) is 13.7 Å². The summed E-state index contributed by atoms with van der Waals surface area (Å²) in [6.07, 6.45) is 1.79. The van der Waals surface area contributed by atoms with E-state index < -0.39 is 0 Å². The molecule has 1 rings (SSSR count). The molecule has 0 saturated heterocycles. The molecule has 0 spiro atoms. The fraction of sp³-hybridized carbons (Fsp3) is 0.417. The van der Waals surface area contributed by atoms with E-state index in [4.69, 9.17) is 9.47 Å². The maximum atomic E-state index is 10.4. The molecule has 1 aromatic rings. The van der Waals surface area contributed by atoms with E-state index in [0.717, 1.165) is 18.5 Å². The molecule has 0 N–H and O–H groups in total. The Morgan fingerprint density at radius 2 is 2.00 bits per heavy atom. The topological polar surface area (TPSA) is 35.5 Å². The summed E-state index contributed by atoms with van der Waals surface area (Å²) < 4.78 is 10.6. The summed E-state index contributed by atoms with van der Waals surface area (Å²) in [5.74, 6) is 0.782. The molecule has 0 fully saturated rings. The lowest BCUT2D eigenvalue weighted by Gasteiger charge is -2.13. The number of hydrogen-bond acceptors (Lipinski definition) is 3. The van der Waals surface area contributed by atoms with Crippen LogP contribution in [0.3, 0.4) is 0 Å². The molecule has 1 atom stereocenters. The first-order chi connectivity index (χ1) is 7.26. The molecule has 1 unspecified atom stereocenters. The van der Waals surface area contributed by atoms with Gasteiger partial charge in [0.1, 0.15) is 12.0 Å². The lowest BCUT2D eigenvalue weighted by molar-refractivity contribution is 0.112. The van der Waals surface area contributed by atoms with Crippen molar-refractivity contribution in [3.8, 4) is 5.75 Å². The van der Waals surface area contributed by atoms with Crippen molar-refractivity contribution in [1.82, 2.24) is 0 Å². The molecule has 0 aliphatic heterocycles. The molecule has 1 aromatic carbocycles. The number of ether oxygens (including phenoxy) is 2. The Kier molecular flexibility index (Phi) is 4.84. The molecular formula is C12H16O3. The van der Waals surface area contributed by atoms with Gasteiger partial charge in [-0.05, 0) is 31.2 Å². The van der Waals surface area contributed by atoms with Crippen LogP contribution in [0, 0.1) is 0 Å². The first-order valence-corrected chi connectivity index (χ1v) is 4.97. The van der Waals surface area contributed by atoms with Crippen LogP contribution in [0.25, 0.3) is 0 Å². The van der Waals surface area contributed by atoms with Crippen molar-refractivity contribution >= 4 is 6.29 Å². The minimum Gasteiger partial charge on any atom is -0.491 e. The van der Waals surface area contributed by atoms with E-state index in [2.05, 4.69) is 0 Å². The van der Waals surface area contributed by atoms with Gasteiger partial charge in [0, 0.05) is 25.7 Å². The van der Waals surface area contributed by atoms with E-state index in [1.807, 2.05) is 6.92 Å². The molecule has 82 valence electrons. The molecule has 0 aromatic heterocycles. The maximum Gasteiger partial charge on any atom is 0.150 e. The number of rotatable bonds is 6. The van der Waals surface area contributed by atoms with E-state index in [1.54, 1.807) is 31.4 Å². The molecule has 0 aliphatic rings. The summed E-state index contributed by atoms with van der Waals surface area (Å²) in [6.45, 7) is 2.68. The van der Waals surface area contributed by atoms with Crippen molar-refractivity contribution in [3.05, 3.63) is 29.8 Å². The van der Waals surface area contributed by atoms with Crippen molar-refractivity contribution in [2.45, 2.75) is 19.4 Å². The summed E-state index contributed by atoms with van der Waals surface area (Å²) in [5, 5.41) is 0. The van der Waals surface area contributed by atoms with Crippen LogP contribution in [-0.4, -0.2) is 26.1 Å². The van der Waals surface area contributed by atoms with Gasteiger partial charge in [0.2, 0.25) is 0 Å². The number of benzene rings is 1. The van der Waals surface area contributed by atoms with E-state index in [-0.39, 0.29) is 6.10 Å². The third-order valence-electron chi connectivity index (χ3n) is 2.08. The number of carbonyl (C=O) groups is 1. The second-order valence-electron chi connectivity index (χ2n) is 3.40. The number of carbonyl (C=O) groups excluding carboxylic acids is 1. The largest absolute Gasteiger partial charge is 0.491 e. The Hall–Kier alpha value is -1.35. The van der Waals surface area contributed by atoms with Gasteiger partial charge in [0.15, 0.2) is 0 Å². The molecule has 0 saturated carbocycles. The standard InChI is InChI=1S/C12H16O3/c1-10(7-8-14-2)15-12-5-3-11(9-13)4-6-12/h3-6,9-10H,7-8H2,1-2H3. The van der Waals surface area contributed by atoms with E-state index in [0.29, 0.717) is 12.2 Å².